The predicted octanol–water partition coefficient (Wildman–Crippen LogP) is 2.14. The van der Waals surface area contributed by atoms with Crippen molar-refractivity contribution in [1.29, 1.82) is 0 Å². The maximum atomic E-state index is 10.4. The Hall–Kier alpha value is 0.400. The molecule has 8 heavy (non-hydrogen) atoms. The maximum absolute atomic E-state index is 10.4. The van der Waals surface area contributed by atoms with Crippen LogP contribution in [0.1, 0.15) is 25.7 Å². The van der Waals surface area contributed by atoms with E-state index < -0.39 is 0 Å². The van der Waals surface area contributed by atoms with Crippen molar-refractivity contribution in [2.75, 3.05) is 0 Å². The summed E-state index contributed by atoms with van der Waals surface area (Å²) in [5.41, 5.74) is 0. The van der Waals surface area contributed by atoms with Gasteiger partial charge in [-0.3, -0.25) is 4.79 Å². The van der Waals surface area contributed by atoms with Gasteiger partial charge in [-0.25, -0.2) is 0 Å². The standard InChI is InChI=1S/C6H9IO/c7-6(8)4-5-2-1-3-5/h5H,1-4H2. The van der Waals surface area contributed by atoms with Gasteiger partial charge in [-0.15, -0.1) is 0 Å². The second-order valence-electron chi connectivity index (χ2n) is 2.36. The van der Waals surface area contributed by atoms with Crippen LogP contribution in [0.15, 0.2) is 0 Å². The molecular formula is C6H9IO. The van der Waals surface area contributed by atoms with Gasteiger partial charge in [-0.2, -0.15) is 0 Å². The molecule has 0 saturated heterocycles. The van der Waals surface area contributed by atoms with Gasteiger partial charge < -0.3 is 0 Å². The zero-order valence-corrected chi connectivity index (χ0v) is 6.85. The van der Waals surface area contributed by atoms with E-state index in [0.717, 1.165) is 12.3 Å². The highest BCUT2D eigenvalue weighted by atomic mass is 127. The van der Waals surface area contributed by atoms with Crippen LogP contribution in [0, 0.1) is 5.92 Å². The first-order chi connectivity index (χ1) is 3.79. The number of hydrogen-bond acceptors (Lipinski definition) is 1. The molecule has 0 aromatic carbocycles. The summed E-state index contributed by atoms with van der Waals surface area (Å²) < 4.78 is 0.326. The highest BCUT2D eigenvalue weighted by Crippen LogP contribution is 2.30. The summed E-state index contributed by atoms with van der Waals surface area (Å²) in [6.07, 6.45) is 4.73. The number of carbonyl (C=O) groups excluding carboxylic acids is 1. The van der Waals surface area contributed by atoms with Gasteiger partial charge in [0.1, 0.15) is 0 Å². The van der Waals surface area contributed by atoms with Crippen LogP contribution in [0.25, 0.3) is 0 Å². The molecule has 0 aromatic heterocycles. The number of carbonyl (C=O) groups is 1. The van der Waals surface area contributed by atoms with Gasteiger partial charge in [0, 0.05) is 6.42 Å². The smallest absolute Gasteiger partial charge is 0.192 e. The normalized spacial score (nSPS) is 20.1. The van der Waals surface area contributed by atoms with Crippen LogP contribution in [0.3, 0.4) is 0 Å². The molecule has 0 unspecified atom stereocenters. The second kappa shape index (κ2) is 2.80. The van der Waals surface area contributed by atoms with E-state index in [1.54, 1.807) is 0 Å². The van der Waals surface area contributed by atoms with Crippen molar-refractivity contribution in [1.82, 2.24) is 0 Å². The molecule has 0 bridgehead atoms. The van der Waals surface area contributed by atoms with Crippen LogP contribution < -0.4 is 0 Å². The molecule has 0 heterocycles. The zero-order chi connectivity index (χ0) is 5.98. The monoisotopic (exact) mass is 224 g/mol. The molecule has 0 amide bonds. The summed E-state index contributed by atoms with van der Waals surface area (Å²) in [5.74, 6) is 0.749. The number of halogens is 1. The van der Waals surface area contributed by atoms with E-state index in [2.05, 4.69) is 0 Å². The van der Waals surface area contributed by atoms with Gasteiger partial charge in [-0.05, 0) is 41.4 Å². The molecule has 1 fully saturated rings. The molecule has 0 N–H and O–H groups in total. The van der Waals surface area contributed by atoms with Gasteiger partial charge in [0.15, 0.2) is 3.79 Å². The summed E-state index contributed by atoms with van der Waals surface area (Å²) >= 11 is 1.88. The quantitative estimate of drug-likeness (QED) is 0.518. The van der Waals surface area contributed by atoms with Crippen LogP contribution in [0.4, 0.5) is 0 Å². The van der Waals surface area contributed by atoms with Crippen LogP contribution >= 0.6 is 22.6 Å². The van der Waals surface area contributed by atoms with Gasteiger partial charge in [0.2, 0.25) is 0 Å². The third-order valence-electron chi connectivity index (χ3n) is 1.67. The Bertz CT molecular complexity index is 96.7. The summed E-state index contributed by atoms with van der Waals surface area (Å²) in [6, 6.07) is 0. The maximum Gasteiger partial charge on any atom is 0.192 e. The van der Waals surface area contributed by atoms with E-state index in [-0.39, 0.29) is 0 Å². The lowest BCUT2D eigenvalue weighted by Crippen LogP contribution is -2.12. The van der Waals surface area contributed by atoms with E-state index in [0.29, 0.717) is 3.79 Å². The minimum atomic E-state index is 0.326. The first-order valence-electron chi connectivity index (χ1n) is 2.97. The first kappa shape index (κ1) is 6.52. The molecule has 0 aliphatic heterocycles. The fourth-order valence-corrected chi connectivity index (χ4v) is 1.55. The van der Waals surface area contributed by atoms with Crippen molar-refractivity contribution in [3.63, 3.8) is 0 Å². The minimum Gasteiger partial charge on any atom is -0.288 e. The highest BCUT2D eigenvalue weighted by molar-refractivity contribution is 14.1. The van der Waals surface area contributed by atoms with E-state index in [1.165, 1.54) is 19.3 Å². The predicted molar refractivity (Wildman–Crippen MR) is 41.0 cm³/mol. The van der Waals surface area contributed by atoms with Crippen molar-refractivity contribution in [3.05, 3.63) is 0 Å². The molecule has 1 nitrogen and oxygen atoms in total. The zero-order valence-electron chi connectivity index (χ0n) is 4.69. The molecule has 0 atom stereocenters. The molecule has 1 rings (SSSR count). The average Bonchev–Trinajstić information content (AvgIpc) is 1.55. The van der Waals surface area contributed by atoms with Gasteiger partial charge in [-0.1, -0.05) is 6.42 Å². The fourth-order valence-electron chi connectivity index (χ4n) is 0.924. The van der Waals surface area contributed by atoms with Crippen LogP contribution in [-0.4, -0.2) is 3.79 Å². The molecule has 1 aliphatic carbocycles. The fraction of sp³-hybridized carbons (Fsp3) is 0.833. The molecular weight excluding hydrogens is 215 g/mol. The highest BCUT2D eigenvalue weighted by Gasteiger charge is 2.18. The first-order valence-corrected chi connectivity index (χ1v) is 4.05. The third-order valence-corrected chi connectivity index (χ3v) is 2.11. The molecule has 1 aliphatic rings. The van der Waals surface area contributed by atoms with E-state index in [1.807, 2.05) is 22.6 Å². The lowest BCUT2D eigenvalue weighted by Gasteiger charge is -2.23. The summed E-state index contributed by atoms with van der Waals surface area (Å²) in [7, 11) is 0. The van der Waals surface area contributed by atoms with Crippen molar-refractivity contribution < 1.29 is 4.79 Å². The molecule has 1 saturated carbocycles. The Morgan fingerprint density at radius 2 is 2.25 bits per heavy atom. The molecule has 46 valence electrons. The SMILES string of the molecule is O=C(I)CC1CCC1. The summed E-state index contributed by atoms with van der Waals surface area (Å²) in [4.78, 5) is 10.4. The third kappa shape index (κ3) is 1.73. The Kier molecular flexibility index (Phi) is 2.28. The average molecular weight is 224 g/mol. The Morgan fingerprint density at radius 1 is 1.62 bits per heavy atom. The Morgan fingerprint density at radius 3 is 2.38 bits per heavy atom. The molecule has 0 spiro atoms. The van der Waals surface area contributed by atoms with Crippen LogP contribution in [-0.2, 0) is 4.79 Å². The number of rotatable bonds is 2. The van der Waals surface area contributed by atoms with Crippen molar-refractivity contribution in [2.24, 2.45) is 5.92 Å². The summed E-state index contributed by atoms with van der Waals surface area (Å²) in [6.45, 7) is 0. The Balaban J connectivity index is 2.09. The molecule has 0 aromatic rings. The molecule has 0 radical (unpaired) electrons. The lowest BCUT2D eigenvalue weighted by atomic mass is 9.83. The topological polar surface area (TPSA) is 17.1 Å². The van der Waals surface area contributed by atoms with E-state index in [4.69, 9.17) is 0 Å². The van der Waals surface area contributed by atoms with Crippen LogP contribution in [0.2, 0.25) is 0 Å². The van der Waals surface area contributed by atoms with E-state index in [9.17, 15) is 4.79 Å². The lowest BCUT2D eigenvalue weighted by molar-refractivity contribution is -0.110. The molecule has 2 heteroatoms. The van der Waals surface area contributed by atoms with Crippen LogP contribution in [0.5, 0.6) is 0 Å². The number of hydrogen-bond donors (Lipinski definition) is 0. The van der Waals surface area contributed by atoms with Crippen molar-refractivity contribution >= 4 is 26.4 Å². The largest absolute Gasteiger partial charge is 0.288 e. The Labute approximate surface area is 63.0 Å². The van der Waals surface area contributed by atoms with Gasteiger partial charge in [0.05, 0.1) is 0 Å². The van der Waals surface area contributed by atoms with Gasteiger partial charge >= 0.3 is 0 Å². The van der Waals surface area contributed by atoms with E-state index >= 15 is 0 Å². The van der Waals surface area contributed by atoms with Crippen molar-refractivity contribution in [2.45, 2.75) is 25.7 Å². The minimum absolute atomic E-state index is 0.326. The summed E-state index contributed by atoms with van der Waals surface area (Å²) in [5, 5.41) is 0. The second-order valence-corrected chi connectivity index (χ2v) is 3.56. The van der Waals surface area contributed by atoms with Crippen molar-refractivity contribution in [3.8, 4) is 0 Å². The van der Waals surface area contributed by atoms with Gasteiger partial charge in [0.25, 0.3) is 0 Å².